The summed E-state index contributed by atoms with van der Waals surface area (Å²) in [6, 6.07) is 8.43. The largest absolute Gasteiger partial charge is 0.192 e. The summed E-state index contributed by atoms with van der Waals surface area (Å²) in [5.74, 6) is 0.431. The molecular weight excluding hydrogens is 182 g/mol. The molecule has 1 heteroatoms. The Kier molecular flexibility index (Phi) is 6.45. The highest BCUT2D eigenvalue weighted by atomic mass is 14.2. The normalized spacial score (nSPS) is 9.13. The van der Waals surface area contributed by atoms with Gasteiger partial charge in [0.1, 0.15) is 0 Å². The van der Waals surface area contributed by atoms with Crippen molar-refractivity contribution in [2.45, 2.75) is 47.0 Å². The van der Waals surface area contributed by atoms with E-state index < -0.39 is 0 Å². The summed E-state index contributed by atoms with van der Waals surface area (Å²) in [4.78, 5) is 0. The minimum atomic E-state index is 0.431. The Hall–Kier alpha value is -1.29. The van der Waals surface area contributed by atoms with Crippen LogP contribution >= 0.6 is 0 Å². The van der Waals surface area contributed by atoms with Crippen molar-refractivity contribution in [3.63, 3.8) is 0 Å². The molecule has 1 nitrogen and oxygen atoms in total. The fraction of sp³-hybridized carbons (Fsp3) is 0.500. The van der Waals surface area contributed by atoms with Crippen molar-refractivity contribution in [1.29, 1.82) is 5.26 Å². The van der Waals surface area contributed by atoms with Crippen molar-refractivity contribution in [3.05, 3.63) is 34.9 Å². The standard InChI is InChI=1S/C12H15N.C2H6/c1-4-10-5-6-12(9(2)3)11(7-10)8-13;1-2/h5-7,9H,4H2,1-3H3;1-2H3. The number of hydrogen-bond donors (Lipinski definition) is 0. The van der Waals surface area contributed by atoms with Gasteiger partial charge in [-0.1, -0.05) is 46.8 Å². The van der Waals surface area contributed by atoms with E-state index in [4.69, 9.17) is 5.26 Å². The minimum Gasteiger partial charge on any atom is -0.192 e. The van der Waals surface area contributed by atoms with Gasteiger partial charge < -0.3 is 0 Å². The van der Waals surface area contributed by atoms with Crippen LogP contribution in [0, 0.1) is 11.3 Å². The van der Waals surface area contributed by atoms with Gasteiger partial charge in [-0.25, -0.2) is 0 Å². The van der Waals surface area contributed by atoms with Crippen molar-refractivity contribution >= 4 is 0 Å². The number of aryl methyl sites for hydroxylation is 1. The van der Waals surface area contributed by atoms with Crippen LogP contribution in [0.4, 0.5) is 0 Å². The molecule has 0 spiro atoms. The van der Waals surface area contributed by atoms with Crippen LogP contribution in [-0.4, -0.2) is 0 Å². The van der Waals surface area contributed by atoms with E-state index in [-0.39, 0.29) is 0 Å². The van der Waals surface area contributed by atoms with Crippen LogP contribution in [0.25, 0.3) is 0 Å². The van der Waals surface area contributed by atoms with Gasteiger partial charge in [0.05, 0.1) is 11.6 Å². The van der Waals surface area contributed by atoms with Crippen LogP contribution in [-0.2, 0) is 6.42 Å². The predicted octanol–water partition coefficient (Wildman–Crippen LogP) is 4.27. The van der Waals surface area contributed by atoms with E-state index in [1.807, 2.05) is 19.9 Å². The maximum atomic E-state index is 8.94. The van der Waals surface area contributed by atoms with Gasteiger partial charge in [-0.05, 0) is 29.5 Å². The van der Waals surface area contributed by atoms with Crippen LogP contribution in [0.1, 0.15) is 57.2 Å². The van der Waals surface area contributed by atoms with Gasteiger partial charge in [0, 0.05) is 0 Å². The molecule has 0 saturated carbocycles. The third-order valence-corrected chi connectivity index (χ3v) is 2.27. The molecule has 0 saturated heterocycles. The van der Waals surface area contributed by atoms with E-state index >= 15 is 0 Å². The molecule has 0 unspecified atom stereocenters. The van der Waals surface area contributed by atoms with Gasteiger partial charge in [0.25, 0.3) is 0 Å². The summed E-state index contributed by atoms with van der Waals surface area (Å²) in [7, 11) is 0. The van der Waals surface area contributed by atoms with Crippen molar-refractivity contribution in [3.8, 4) is 6.07 Å². The first-order valence-corrected chi connectivity index (χ1v) is 5.72. The zero-order chi connectivity index (χ0) is 11.8. The minimum absolute atomic E-state index is 0.431. The molecule has 0 aliphatic carbocycles. The number of benzene rings is 1. The molecule has 82 valence electrons. The molecule has 0 aliphatic rings. The lowest BCUT2D eigenvalue weighted by Gasteiger charge is -2.08. The monoisotopic (exact) mass is 203 g/mol. The quantitative estimate of drug-likeness (QED) is 0.704. The first-order valence-electron chi connectivity index (χ1n) is 5.72. The first-order chi connectivity index (χ1) is 7.19. The highest BCUT2D eigenvalue weighted by Crippen LogP contribution is 2.20. The predicted molar refractivity (Wildman–Crippen MR) is 66.0 cm³/mol. The molecule has 0 amide bonds. The van der Waals surface area contributed by atoms with Gasteiger partial charge in [-0.15, -0.1) is 0 Å². The molecule has 0 atom stereocenters. The lowest BCUT2D eigenvalue weighted by atomic mass is 9.95. The first kappa shape index (κ1) is 13.7. The van der Waals surface area contributed by atoms with Crippen LogP contribution in [0.2, 0.25) is 0 Å². The summed E-state index contributed by atoms with van der Waals surface area (Å²) >= 11 is 0. The maximum absolute atomic E-state index is 8.94. The Morgan fingerprint density at radius 3 is 2.27 bits per heavy atom. The molecule has 0 aromatic heterocycles. The third kappa shape index (κ3) is 3.75. The van der Waals surface area contributed by atoms with Gasteiger partial charge in [-0.3, -0.25) is 0 Å². The molecule has 1 aromatic rings. The SMILES string of the molecule is CC.CCc1ccc(C(C)C)c(C#N)c1. The van der Waals surface area contributed by atoms with E-state index in [0.717, 1.165) is 17.5 Å². The molecule has 1 rings (SSSR count). The fourth-order valence-corrected chi connectivity index (χ4v) is 1.42. The Labute approximate surface area is 93.7 Å². The zero-order valence-corrected chi connectivity index (χ0v) is 10.5. The summed E-state index contributed by atoms with van der Waals surface area (Å²) in [5.41, 5.74) is 3.22. The second-order valence-electron chi connectivity index (χ2n) is 3.54. The van der Waals surface area contributed by atoms with E-state index in [2.05, 4.69) is 39.0 Å². The molecule has 0 bridgehead atoms. The maximum Gasteiger partial charge on any atom is 0.0994 e. The van der Waals surface area contributed by atoms with Crippen LogP contribution < -0.4 is 0 Å². The molecular formula is C14H21N. The van der Waals surface area contributed by atoms with E-state index in [0.29, 0.717) is 5.92 Å². The Bertz CT molecular complexity index is 332. The lowest BCUT2D eigenvalue weighted by molar-refractivity contribution is 0.860. The summed E-state index contributed by atoms with van der Waals surface area (Å²) in [5, 5.41) is 8.94. The molecule has 15 heavy (non-hydrogen) atoms. The van der Waals surface area contributed by atoms with E-state index in [9.17, 15) is 0 Å². The highest BCUT2D eigenvalue weighted by molar-refractivity contribution is 5.42. The van der Waals surface area contributed by atoms with Crippen molar-refractivity contribution in [1.82, 2.24) is 0 Å². The zero-order valence-electron chi connectivity index (χ0n) is 10.5. The Morgan fingerprint density at radius 2 is 1.87 bits per heavy atom. The number of rotatable bonds is 2. The van der Waals surface area contributed by atoms with Gasteiger partial charge in [0.2, 0.25) is 0 Å². The summed E-state index contributed by atoms with van der Waals surface area (Å²) < 4.78 is 0. The Morgan fingerprint density at radius 1 is 1.27 bits per heavy atom. The second-order valence-corrected chi connectivity index (χ2v) is 3.54. The second kappa shape index (κ2) is 7.06. The van der Waals surface area contributed by atoms with Gasteiger partial charge in [-0.2, -0.15) is 5.26 Å². The van der Waals surface area contributed by atoms with Crippen molar-refractivity contribution in [2.24, 2.45) is 0 Å². The third-order valence-electron chi connectivity index (χ3n) is 2.27. The molecule has 0 aliphatic heterocycles. The number of hydrogen-bond acceptors (Lipinski definition) is 1. The van der Waals surface area contributed by atoms with Gasteiger partial charge >= 0.3 is 0 Å². The van der Waals surface area contributed by atoms with Crippen LogP contribution in [0.5, 0.6) is 0 Å². The molecule has 0 N–H and O–H groups in total. The summed E-state index contributed by atoms with van der Waals surface area (Å²) in [6.45, 7) is 10.3. The van der Waals surface area contributed by atoms with Crippen LogP contribution in [0.15, 0.2) is 18.2 Å². The van der Waals surface area contributed by atoms with E-state index in [1.165, 1.54) is 5.56 Å². The molecule has 1 aromatic carbocycles. The lowest BCUT2D eigenvalue weighted by Crippen LogP contribution is -1.94. The fourth-order valence-electron chi connectivity index (χ4n) is 1.42. The number of nitrogens with zero attached hydrogens (tertiary/aromatic N) is 1. The van der Waals surface area contributed by atoms with E-state index in [1.54, 1.807) is 0 Å². The Balaban J connectivity index is 0.000000921. The molecule has 0 fully saturated rings. The average Bonchev–Trinajstić information content (AvgIpc) is 2.30. The molecule has 0 radical (unpaired) electrons. The number of nitriles is 1. The molecule has 0 heterocycles. The topological polar surface area (TPSA) is 23.8 Å². The van der Waals surface area contributed by atoms with Crippen LogP contribution in [0.3, 0.4) is 0 Å². The van der Waals surface area contributed by atoms with Gasteiger partial charge in [0.15, 0.2) is 0 Å². The highest BCUT2D eigenvalue weighted by Gasteiger charge is 2.05. The van der Waals surface area contributed by atoms with Crippen molar-refractivity contribution in [2.75, 3.05) is 0 Å². The summed E-state index contributed by atoms with van der Waals surface area (Å²) in [6.07, 6.45) is 0.993. The smallest absolute Gasteiger partial charge is 0.0994 e. The van der Waals surface area contributed by atoms with Crippen molar-refractivity contribution < 1.29 is 0 Å². The average molecular weight is 203 g/mol.